The van der Waals surface area contributed by atoms with Crippen LogP contribution in [-0.4, -0.2) is 29.3 Å². The van der Waals surface area contributed by atoms with Crippen molar-refractivity contribution in [2.75, 3.05) is 19.1 Å². The highest BCUT2D eigenvalue weighted by Crippen LogP contribution is 2.22. The van der Waals surface area contributed by atoms with Gasteiger partial charge in [-0.1, -0.05) is 31.2 Å². The first-order chi connectivity index (χ1) is 13.6. The highest BCUT2D eigenvalue weighted by molar-refractivity contribution is 5.40. The van der Waals surface area contributed by atoms with Gasteiger partial charge in [0.1, 0.15) is 11.5 Å². The first kappa shape index (κ1) is 19.5. The van der Waals surface area contributed by atoms with Crippen LogP contribution < -0.4 is 14.4 Å². The van der Waals surface area contributed by atoms with Crippen molar-refractivity contribution in [2.24, 2.45) is 0 Å². The summed E-state index contributed by atoms with van der Waals surface area (Å²) in [5.41, 5.74) is 2.87. The number of aryl methyl sites for hydroxylation is 1. The first-order valence-electron chi connectivity index (χ1n) is 9.18. The molecular weight excluding hydrogens is 354 g/mol. The second-order valence-corrected chi connectivity index (χ2v) is 6.41. The van der Waals surface area contributed by atoms with E-state index < -0.39 is 0 Å². The van der Waals surface area contributed by atoms with Crippen LogP contribution in [0, 0.1) is 0 Å². The van der Waals surface area contributed by atoms with Crippen molar-refractivity contribution in [1.82, 2.24) is 9.97 Å². The number of rotatable bonds is 8. The molecule has 0 atom stereocenters. The predicted octanol–water partition coefficient (Wildman–Crippen LogP) is 3.97. The Bertz CT molecular complexity index is 846. The van der Waals surface area contributed by atoms with E-state index in [4.69, 9.17) is 9.47 Å². The number of nitrogens with zero attached hydrogens (tertiary/aromatic N) is 3. The van der Waals surface area contributed by atoms with Crippen LogP contribution >= 0.6 is 0 Å². The third-order valence-corrected chi connectivity index (χ3v) is 4.52. The number of benzene rings is 2. The van der Waals surface area contributed by atoms with Gasteiger partial charge >= 0.3 is 0 Å². The highest BCUT2D eigenvalue weighted by Gasteiger charge is 2.14. The van der Waals surface area contributed by atoms with Crippen LogP contribution in [0.5, 0.6) is 17.2 Å². The van der Waals surface area contributed by atoms with Crippen LogP contribution in [0.4, 0.5) is 5.95 Å². The van der Waals surface area contributed by atoms with E-state index in [0.29, 0.717) is 31.2 Å². The minimum atomic E-state index is 0.125. The molecule has 3 aromatic rings. The van der Waals surface area contributed by atoms with Crippen LogP contribution in [0.2, 0.25) is 0 Å². The van der Waals surface area contributed by atoms with E-state index in [9.17, 15) is 5.11 Å². The number of ether oxygens (including phenoxy) is 2. The summed E-state index contributed by atoms with van der Waals surface area (Å²) in [6.07, 6.45) is 2.11. The molecule has 0 amide bonds. The Hall–Kier alpha value is -3.28. The fraction of sp³-hybridized carbons (Fsp3) is 0.273. The molecule has 0 aliphatic carbocycles. The van der Waals surface area contributed by atoms with Crippen molar-refractivity contribution in [1.29, 1.82) is 0 Å². The van der Waals surface area contributed by atoms with Gasteiger partial charge in [-0.05, 0) is 41.8 Å². The third-order valence-electron chi connectivity index (χ3n) is 4.52. The lowest BCUT2D eigenvalue weighted by atomic mass is 10.1. The van der Waals surface area contributed by atoms with Gasteiger partial charge in [0.15, 0.2) is 5.75 Å². The van der Waals surface area contributed by atoms with Gasteiger partial charge < -0.3 is 19.5 Å². The van der Waals surface area contributed by atoms with Crippen LogP contribution in [0.15, 0.2) is 54.7 Å². The third kappa shape index (κ3) is 4.71. The molecule has 1 N–H and O–H groups in total. The van der Waals surface area contributed by atoms with Crippen LogP contribution in [0.3, 0.4) is 0 Å². The summed E-state index contributed by atoms with van der Waals surface area (Å²) in [5.74, 6) is 2.35. The highest BCUT2D eigenvalue weighted by atomic mass is 16.5. The average molecular weight is 379 g/mol. The molecule has 0 radical (unpaired) electrons. The largest absolute Gasteiger partial charge is 0.504 e. The molecule has 0 spiro atoms. The summed E-state index contributed by atoms with van der Waals surface area (Å²) in [7, 11) is 3.31. The van der Waals surface area contributed by atoms with Crippen LogP contribution in [0.1, 0.15) is 23.7 Å². The van der Waals surface area contributed by atoms with Gasteiger partial charge in [-0.2, -0.15) is 0 Å². The molecule has 28 heavy (non-hydrogen) atoms. The minimum Gasteiger partial charge on any atom is -0.504 e. The van der Waals surface area contributed by atoms with Crippen molar-refractivity contribution < 1.29 is 14.6 Å². The molecule has 0 aliphatic rings. The second-order valence-electron chi connectivity index (χ2n) is 6.41. The van der Waals surface area contributed by atoms with E-state index in [0.717, 1.165) is 22.6 Å². The van der Waals surface area contributed by atoms with Gasteiger partial charge in [-0.15, -0.1) is 0 Å². The van der Waals surface area contributed by atoms with Crippen molar-refractivity contribution in [2.45, 2.75) is 26.4 Å². The van der Waals surface area contributed by atoms with Gasteiger partial charge in [0.2, 0.25) is 5.95 Å². The first-order valence-corrected chi connectivity index (χ1v) is 9.18. The fourth-order valence-electron chi connectivity index (χ4n) is 2.91. The molecule has 0 unspecified atom stereocenters. The zero-order valence-electron chi connectivity index (χ0n) is 16.4. The van der Waals surface area contributed by atoms with E-state index in [2.05, 4.69) is 14.9 Å². The van der Waals surface area contributed by atoms with Crippen LogP contribution in [-0.2, 0) is 19.5 Å². The summed E-state index contributed by atoms with van der Waals surface area (Å²) >= 11 is 0. The number of aromatic hydroxyl groups is 1. The van der Waals surface area contributed by atoms with Gasteiger partial charge in [0, 0.05) is 13.1 Å². The van der Waals surface area contributed by atoms with Gasteiger partial charge in [0.05, 0.1) is 26.1 Å². The lowest BCUT2D eigenvalue weighted by molar-refractivity contribution is 0.414. The Morgan fingerprint density at radius 1 is 0.857 bits per heavy atom. The van der Waals surface area contributed by atoms with Gasteiger partial charge in [-0.25, -0.2) is 9.97 Å². The molecule has 6 nitrogen and oxygen atoms in total. The second kappa shape index (κ2) is 9.08. The summed E-state index contributed by atoms with van der Waals surface area (Å²) in [6.45, 7) is 3.22. The van der Waals surface area contributed by atoms with E-state index in [1.165, 1.54) is 6.20 Å². The van der Waals surface area contributed by atoms with E-state index in [-0.39, 0.29) is 5.75 Å². The topological polar surface area (TPSA) is 67.7 Å². The zero-order valence-corrected chi connectivity index (χ0v) is 16.4. The van der Waals surface area contributed by atoms with Crippen molar-refractivity contribution in [3.05, 3.63) is 71.5 Å². The maximum atomic E-state index is 9.94. The average Bonchev–Trinajstić information content (AvgIpc) is 2.74. The lowest BCUT2D eigenvalue weighted by Crippen LogP contribution is -2.24. The fourth-order valence-corrected chi connectivity index (χ4v) is 2.91. The Morgan fingerprint density at radius 2 is 1.36 bits per heavy atom. The number of aromatic nitrogens is 2. The van der Waals surface area contributed by atoms with Crippen molar-refractivity contribution in [3.63, 3.8) is 0 Å². The molecule has 0 bridgehead atoms. The molecule has 0 saturated heterocycles. The quantitative estimate of drug-likeness (QED) is 0.639. The molecule has 2 aromatic carbocycles. The number of hydrogen-bond acceptors (Lipinski definition) is 6. The summed E-state index contributed by atoms with van der Waals surface area (Å²) in [6, 6.07) is 15.9. The molecule has 1 aromatic heterocycles. The molecule has 0 aliphatic heterocycles. The van der Waals surface area contributed by atoms with Gasteiger partial charge in [0.25, 0.3) is 0 Å². The Balaban J connectivity index is 1.89. The Morgan fingerprint density at radius 3 is 1.79 bits per heavy atom. The Kier molecular flexibility index (Phi) is 6.32. The molecule has 0 saturated carbocycles. The van der Waals surface area contributed by atoms with Crippen LogP contribution in [0.25, 0.3) is 0 Å². The van der Waals surface area contributed by atoms with E-state index in [1.807, 2.05) is 55.5 Å². The number of anilines is 1. The standard InChI is InChI=1S/C22H25N3O3/c1-4-20-21(26)13-23-22(24-20)25(14-16-5-9-18(27-2)10-6-16)15-17-7-11-19(28-3)12-8-17/h5-13,26H,4,14-15H2,1-3H3. The maximum Gasteiger partial charge on any atom is 0.226 e. The number of methoxy groups -OCH3 is 2. The smallest absolute Gasteiger partial charge is 0.226 e. The van der Waals surface area contributed by atoms with Crippen molar-refractivity contribution in [3.8, 4) is 17.2 Å². The number of hydrogen-bond donors (Lipinski definition) is 1. The summed E-state index contributed by atoms with van der Waals surface area (Å²) in [4.78, 5) is 11.0. The monoisotopic (exact) mass is 379 g/mol. The molecule has 0 fully saturated rings. The normalized spacial score (nSPS) is 10.5. The molecule has 3 rings (SSSR count). The molecule has 1 heterocycles. The molecule has 6 heteroatoms. The zero-order chi connectivity index (χ0) is 19.9. The van der Waals surface area contributed by atoms with E-state index in [1.54, 1.807) is 14.2 Å². The summed E-state index contributed by atoms with van der Waals surface area (Å²) < 4.78 is 10.5. The minimum absolute atomic E-state index is 0.125. The maximum absolute atomic E-state index is 9.94. The van der Waals surface area contributed by atoms with Gasteiger partial charge in [-0.3, -0.25) is 0 Å². The van der Waals surface area contributed by atoms with Crippen molar-refractivity contribution >= 4 is 5.95 Å². The predicted molar refractivity (Wildman–Crippen MR) is 109 cm³/mol. The SMILES string of the molecule is CCc1nc(N(Cc2ccc(OC)cc2)Cc2ccc(OC)cc2)ncc1O. The summed E-state index contributed by atoms with van der Waals surface area (Å²) in [5, 5.41) is 9.94. The molecular formula is C22H25N3O3. The molecule has 146 valence electrons. The lowest BCUT2D eigenvalue weighted by Gasteiger charge is -2.24. The van der Waals surface area contributed by atoms with E-state index >= 15 is 0 Å². The Labute approximate surface area is 165 Å².